The zero-order valence-electron chi connectivity index (χ0n) is 7.57. The minimum atomic E-state index is -0.274. The van der Waals surface area contributed by atoms with Crippen molar-refractivity contribution in [3.63, 3.8) is 0 Å². The highest BCUT2D eigenvalue weighted by Gasteiger charge is 2.58. The van der Waals surface area contributed by atoms with Crippen molar-refractivity contribution in [2.45, 2.75) is 25.0 Å². The van der Waals surface area contributed by atoms with Gasteiger partial charge < -0.3 is 14.3 Å². The fraction of sp³-hybridized carbons (Fsp3) is 0.900. The van der Waals surface area contributed by atoms with Gasteiger partial charge in [-0.25, -0.2) is 0 Å². The summed E-state index contributed by atoms with van der Waals surface area (Å²) in [7, 11) is 0. The maximum absolute atomic E-state index is 10.7. The molecule has 1 saturated heterocycles. The standard InChI is InChI=1S/C10H14O3/c11-6-8-4-9-3-7(8)5-10(9)12-1-2-13-10/h6-9H,1-5H2/t7-,8-,9-/m1/s1. The molecule has 3 aliphatic rings. The Labute approximate surface area is 77.4 Å². The van der Waals surface area contributed by atoms with Crippen molar-refractivity contribution in [1.82, 2.24) is 0 Å². The lowest BCUT2D eigenvalue weighted by Crippen LogP contribution is -2.38. The van der Waals surface area contributed by atoms with Crippen LogP contribution in [0.5, 0.6) is 0 Å². The van der Waals surface area contributed by atoms with Crippen LogP contribution in [0.3, 0.4) is 0 Å². The fourth-order valence-corrected chi connectivity index (χ4v) is 3.27. The van der Waals surface area contributed by atoms with Crippen LogP contribution < -0.4 is 0 Å². The Hall–Kier alpha value is -0.410. The molecule has 0 aromatic rings. The van der Waals surface area contributed by atoms with Gasteiger partial charge in [-0.05, 0) is 18.8 Å². The van der Waals surface area contributed by atoms with Crippen molar-refractivity contribution in [3.05, 3.63) is 0 Å². The van der Waals surface area contributed by atoms with Gasteiger partial charge in [0, 0.05) is 18.3 Å². The first-order chi connectivity index (χ1) is 6.34. The van der Waals surface area contributed by atoms with Crippen LogP contribution in [0.15, 0.2) is 0 Å². The molecule has 2 aliphatic carbocycles. The molecule has 2 saturated carbocycles. The monoisotopic (exact) mass is 182 g/mol. The third-order valence-corrected chi connectivity index (χ3v) is 3.87. The molecule has 3 atom stereocenters. The zero-order valence-corrected chi connectivity index (χ0v) is 7.57. The molecule has 1 aliphatic heterocycles. The molecule has 0 N–H and O–H groups in total. The highest BCUT2D eigenvalue weighted by atomic mass is 16.7. The van der Waals surface area contributed by atoms with E-state index in [-0.39, 0.29) is 11.7 Å². The Kier molecular flexibility index (Phi) is 1.56. The lowest BCUT2D eigenvalue weighted by molar-refractivity contribution is -0.194. The van der Waals surface area contributed by atoms with Crippen molar-refractivity contribution in [1.29, 1.82) is 0 Å². The highest BCUT2D eigenvalue weighted by molar-refractivity contribution is 5.55. The second-order valence-electron chi connectivity index (χ2n) is 4.44. The fourth-order valence-electron chi connectivity index (χ4n) is 3.27. The van der Waals surface area contributed by atoms with E-state index in [4.69, 9.17) is 9.47 Å². The Morgan fingerprint density at radius 2 is 2.00 bits per heavy atom. The van der Waals surface area contributed by atoms with Gasteiger partial charge in [0.15, 0.2) is 5.79 Å². The molecule has 3 nitrogen and oxygen atoms in total. The summed E-state index contributed by atoms with van der Waals surface area (Å²) in [6.07, 6.45) is 4.17. The minimum Gasteiger partial charge on any atom is -0.347 e. The molecule has 72 valence electrons. The van der Waals surface area contributed by atoms with Crippen LogP contribution in [0.2, 0.25) is 0 Å². The molecule has 1 heterocycles. The average Bonchev–Trinajstić information content (AvgIpc) is 2.80. The largest absolute Gasteiger partial charge is 0.347 e. The lowest BCUT2D eigenvalue weighted by atomic mass is 9.86. The molecular weight excluding hydrogens is 168 g/mol. The number of ether oxygens (including phenoxy) is 2. The molecular formula is C10H14O3. The number of carbonyl (C=O) groups excluding carboxylic acids is 1. The molecule has 3 fully saturated rings. The lowest BCUT2D eigenvalue weighted by Gasteiger charge is -2.33. The van der Waals surface area contributed by atoms with Crippen LogP contribution in [0.4, 0.5) is 0 Å². The van der Waals surface area contributed by atoms with Crippen LogP contribution in [0, 0.1) is 17.8 Å². The summed E-state index contributed by atoms with van der Waals surface area (Å²) in [6.45, 7) is 1.46. The average molecular weight is 182 g/mol. The third-order valence-electron chi connectivity index (χ3n) is 3.87. The molecule has 13 heavy (non-hydrogen) atoms. The Balaban J connectivity index is 1.82. The number of rotatable bonds is 1. The first-order valence-electron chi connectivity index (χ1n) is 5.07. The van der Waals surface area contributed by atoms with E-state index in [9.17, 15) is 4.79 Å². The third kappa shape index (κ3) is 0.945. The van der Waals surface area contributed by atoms with Gasteiger partial charge in [-0.1, -0.05) is 0 Å². The van der Waals surface area contributed by atoms with Gasteiger partial charge in [-0.2, -0.15) is 0 Å². The number of aldehydes is 1. The van der Waals surface area contributed by atoms with E-state index < -0.39 is 0 Å². The van der Waals surface area contributed by atoms with Crippen molar-refractivity contribution >= 4 is 6.29 Å². The molecule has 0 radical (unpaired) electrons. The van der Waals surface area contributed by atoms with Crippen molar-refractivity contribution < 1.29 is 14.3 Å². The van der Waals surface area contributed by atoms with Gasteiger partial charge in [-0.3, -0.25) is 0 Å². The maximum Gasteiger partial charge on any atom is 0.171 e. The highest BCUT2D eigenvalue weighted by Crippen LogP contribution is 2.56. The van der Waals surface area contributed by atoms with Crippen molar-refractivity contribution in [2.75, 3.05) is 13.2 Å². The van der Waals surface area contributed by atoms with Crippen molar-refractivity contribution in [2.24, 2.45) is 17.8 Å². The van der Waals surface area contributed by atoms with E-state index in [1.807, 2.05) is 0 Å². The number of hydrogen-bond acceptors (Lipinski definition) is 3. The molecule has 2 bridgehead atoms. The minimum absolute atomic E-state index is 0.274. The van der Waals surface area contributed by atoms with E-state index >= 15 is 0 Å². The summed E-state index contributed by atoms with van der Waals surface area (Å²) in [5.74, 6) is 1.02. The second kappa shape index (κ2) is 2.55. The first kappa shape index (κ1) is 7.94. The summed E-state index contributed by atoms with van der Waals surface area (Å²) in [6, 6.07) is 0. The van der Waals surface area contributed by atoms with Gasteiger partial charge in [0.25, 0.3) is 0 Å². The van der Waals surface area contributed by atoms with E-state index in [0.717, 1.165) is 38.8 Å². The quantitative estimate of drug-likeness (QED) is 0.567. The summed E-state index contributed by atoms with van der Waals surface area (Å²) < 4.78 is 11.4. The predicted molar refractivity (Wildman–Crippen MR) is 45.0 cm³/mol. The number of fused-ring (bicyclic) bond motifs is 3. The van der Waals surface area contributed by atoms with Gasteiger partial charge in [0.1, 0.15) is 6.29 Å². The molecule has 0 unspecified atom stereocenters. The topological polar surface area (TPSA) is 35.5 Å². The van der Waals surface area contributed by atoms with Crippen LogP contribution >= 0.6 is 0 Å². The molecule has 3 rings (SSSR count). The van der Waals surface area contributed by atoms with Gasteiger partial charge >= 0.3 is 0 Å². The summed E-state index contributed by atoms with van der Waals surface area (Å²) in [4.78, 5) is 10.7. The van der Waals surface area contributed by atoms with Gasteiger partial charge in [0.05, 0.1) is 13.2 Å². The predicted octanol–water partition coefficient (Wildman–Crippen LogP) is 0.974. The van der Waals surface area contributed by atoms with Gasteiger partial charge in [-0.15, -0.1) is 0 Å². The smallest absolute Gasteiger partial charge is 0.171 e. The van der Waals surface area contributed by atoms with Crippen LogP contribution in [0.25, 0.3) is 0 Å². The van der Waals surface area contributed by atoms with E-state index in [2.05, 4.69) is 0 Å². The zero-order chi connectivity index (χ0) is 8.89. The van der Waals surface area contributed by atoms with E-state index in [0.29, 0.717) is 11.8 Å². The summed E-state index contributed by atoms with van der Waals surface area (Å²) >= 11 is 0. The summed E-state index contributed by atoms with van der Waals surface area (Å²) in [5.41, 5.74) is 0. The molecule has 0 aromatic carbocycles. The first-order valence-corrected chi connectivity index (χ1v) is 5.07. The second-order valence-corrected chi connectivity index (χ2v) is 4.44. The Bertz CT molecular complexity index is 232. The molecule has 3 heteroatoms. The molecule has 0 amide bonds. The van der Waals surface area contributed by atoms with Crippen LogP contribution in [0.1, 0.15) is 19.3 Å². The molecule has 1 spiro atoms. The van der Waals surface area contributed by atoms with Crippen molar-refractivity contribution in [3.8, 4) is 0 Å². The summed E-state index contributed by atoms with van der Waals surface area (Å²) in [5, 5.41) is 0. The Morgan fingerprint density at radius 1 is 1.23 bits per heavy atom. The number of carbonyl (C=O) groups is 1. The van der Waals surface area contributed by atoms with Crippen LogP contribution in [-0.4, -0.2) is 25.3 Å². The normalized spacial score (nSPS) is 46.0. The SMILES string of the molecule is O=C[C@H]1C[C@H]2C[C@@H]1CC21OCCO1. The Morgan fingerprint density at radius 3 is 2.54 bits per heavy atom. The number of hydrogen-bond donors (Lipinski definition) is 0. The van der Waals surface area contributed by atoms with Gasteiger partial charge in [0.2, 0.25) is 0 Å². The van der Waals surface area contributed by atoms with E-state index in [1.54, 1.807) is 0 Å². The van der Waals surface area contributed by atoms with Crippen LogP contribution in [-0.2, 0) is 14.3 Å². The molecule has 0 aromatic heterocycles. The van der Waals surface area contributed by atoms with E-state index in [1.165, 1.54) is 0 Å². The maximum atomic E-state index is 10.7.